The van der Waals surface area contributed by atoms with Crippen molar-refractivity contribution in [3.8, 4) is 5.75 Å². The molecule has 1 aliphatic heterocycles. The largest absolute Gasteiger partial charge is 0.484 e. The molecule has 2 nitrogen and oxygen atoms in total. The van der Waals surface area contributed by atoms with Crippen molar-refractivity contribution in [2.24, 2.45) is 0 Å². The first-order chi connectivity index (χ1) is 9.42. The number of para-hydroxylation sites is 1. The molecule has 0 radical (unpaired) electrons. The SMILES string of the molecule is C1=CC(CNCc2ccccc2)Oc2ccccc21.Cl. The maximum Gasteiger partial charge on any atom is 0.130 e. The van der Waals surface area contributed by atoms with Gasteiger partial charge >= 0.3 is 0 Å². The Balaban J connectivity index is 0.00000147. The van der Waals surface area contributed by atoms with Crippen LogP contribution in [0, 0.1) is 0 Å². The molecule has 0 bridgehead atoms. The second-order valence-electron chi connectivity index (χ2n) is 4.67. The summed E-state index contributed by atoms with van der Waals surface area (Å²) in [6.07, 6.45) is 4.35. The molecular formula is C17H18ClNO. The normalized spacial score (nSPS) is 15.9. The van der Waals surface area contributed by atoms with E-state index in [9.17, 15) is 0 Å². The fourth-order valence-corrected chi connectivity index (χ4v) is 2.20. The molecule has 1 atom stereocenters. The van der Waals surface area contributed by atoms with Gasteiger partial charge in [0.2, 0.25) is 0 Å². The number of benzene rings is 2. The Labute approximate surface area is 125 Å². The lowest BCUT2D eigenvalue weighted by Crippen LogP contribution is -2.30. The summed E-state index contributed by atoms with van der Waals surface area (Å²) in [4.78, 5) is 0. The lowest BCUT2D eigenvalue weighted by molar-refractivity contribution is 0.240. The van der Waals surface area contributed by atoms with Gasteiger partial charge in [-0.25, -0.2) is 0 Å². The molecule has 0 aliphatic carbocycles. The van der Waals surface area contributed by atoms with Gasteiger partial charge < -0.3 is 10.1 Å². The quantitative estimate of drug-likeness (QED) is 0.926. The Morgan fingerprint density at radius 1 is 0.950 bits per heavy atom. The zero-order valence-corrected chi connectivity index (χ0v) is 12.0. The van der Waals surface area contributed by atoms with Crippen LogP contribution < -0.4 is 10.1 Å². The predicted molar refractivity (Wildman–Crippen MR) is 85.3 cm³/mol. The Hall–Kier alpha value is -1.77. The minimum absolute atomic E-state index is 0. The number of hydrogen-bond donors (Lipinski definition) is 1. The van der Waals surface area contributed by atoms with Crippen LogP contribution in [-0.2, 0) is 6.54 Å². The van der Waals surface area contributed by atoms with Gasteiger partial charge in [0.25, 0.3) is 0 Å². The molecule has 3 heteroatoms. The molecule has 0 spiro atoms. The molecule has 1 aliphatic rings. The van der Waals surface area contributed by atoms with Gasteiger partial charge in [0, 0.05) is 18.7 Å². The van der Waals surface area contributed by atoms with E-state index in [1.165, 1.54) is 5.56 Å². The zero-order chi connectivity index (χ0) is 12.9. The summed E-state index contributed by atoms with van der Waals surface area (Å²) in [6, 6.07) is 18.5. The number of rotatable bonds is 4. The summed E-state index contributed by atoms with van der Waals surface area (Å²) in [5, 5.41) is 3.43. The zero-order valence-electron chi connectivity index (χ0n) is 11.2. The van der Waals surface area contributed by atoms with Gasteiger partial charge in [-0.3, -0.25) is 0 Å². The number of ether oxygens (including phenoxy) is 1. The predicted octanol–water partition coefficient (Wildman–Crippen LogP) is 3.67. The van der Waals surface area contributed by atoms with Crippen LogP contribution in [0.3, 0.4) is 0 Å². The number of nitrogens with one attached hydrogen (secondary N) is 1. The van der Waals surface area contributed by atoms with Crippen LogP contribution in [0.5, 0.6) is 5.75 Å². The van der Waals surface area contributed by atoms with Crippen LogP contribution in [0.4, 0.5) is 0 Å². The minimum Gasteiger partial charge on any atom is -0.484 e. The Morgan fingerprint density at radius 3 is 2.55 bits per heavy atom. The average Bonchev–Trinajstić information content (AvgIpc) is 2.48. The lowest BCUT2D eigenvalue weighted by Gasteiger charge is -2.21. The van der Waals surface area contributed by atoms with E-state index in [-0.39, 0.29) is 18.5 Å². The molecule has 2 aromatic rings. The van der Waals surface area contributed by atoms with Crippen molar-refractivity contribution in [1.29, 1.82) is 0 Å². The highest BCUT2D eigenvalue weighted by atomic mass is 35.5. The van der Waals surface area contributed by atoms with E-state index in [0.29, 0.717) is 0 Å². The molecule has 0 saturated heterocycles. The smallest absolute Gasteiger partial charge is 0.130 e. The molecular weight excluding hydrogens is 270 g/mol. The van der Waals surface area contributed by atoms with Gasteiger partial charge in [0.15, 0.2) is 0 Å². The van der Waals surface area contributed by atoms with E-state index < -0.39 is 0 Å². The molecule has 1 unspecified atom stereocenters. The fourth-order valence-electron chi connectivity index (χ4n) is 2.20. The third kappa shape index (κ3) is 3.62. The first-order valence-corrected chi connectivity index (χ1v) is 6.60. The van der Waals surface area contributed by atoms with E-state index in [0.717, 1.165) is 24.4 Å². The van der Waals surface area contributed by atoms with Crippen LogP contribution in [0.2, 0.25) is 0 Å². The van der Waals surface area contributed by atoms with Crippen LogP contribution in [0.1, 0.15) is 11.1 Å². The van der Waals surface area contributed by atoms with Crippen molar-refractivity contribution in [2.45, 2.75) is 12.6 Å². The molecule has 2 aromatic carbocycles. The second kappa shape index (κ2) is 7.13. The van der Waals surface area contributed by atoms with Crippen molar-refractivity contribution >= 4 is 18.5 Å². The van der Waals surface area contributed by atoms with Crippen LogP contribution in [0.25, 0.3) is 6.08 Å². The van der Waals surface area contributed by atoms with Gasteiger partial charge in [-0.2, -0.15) is 0 Å². The monoisotopic (exact) mass is 287 g/mol. The molecule has 1 heterocycles. The van der Waals surface area contributed by atoms with Gasteiger partial charge in [0.1, 0.15) is 11.9 Å². The van der Waals surface area contributed by atoms with E-state index in [1.807, 2.05) is 24.3 Å². The Bertz CT molecular complexity index is 568. The number of fused-ring (bicyclic) bond motifs is 1. The van der Waals surface area contributed by atoms with Gasteiger partial charge in [-0.15, -0.1) is 12.4 Å². The molecule has 104 valence electrons. The number of halogens is 1. The maximum atomic E-state index is 5.92. The standard InChI is InChI=1S/C17H17NO.ClH/c1-2-6-14(7-3-1)12-18-13-16-11-10-15-8-4-5-9-17(15)19-16;/h1-11,16,18H,12-13H2;1H. The summed E-state index contributed by atoms with van der Waals surface area (Å²) in [5.74, 6) is 0.969. The lowest BCUT2D eigenvalue weighted by atomic mass is 10.1. The first kappa shape index (κ1) is 14.6. The third-order valence-electron chi connectivity index (χ3n) is 3.21. The maximum absolute atomic E-state index is 5.92. The number of hydrogen-bond acceptors (Lipinski definition) is 2. The average molecular weight is 288 g/mol. The summed E-state index contributed by atoms with van der Waals surface area (Å²) in [5.41, 5.74) is 2.45. The van der Waals surface area contributed by atoms with Gasteiger partial charge in [0.05, 0.1) is 0 Å². The highest BCUT2D eigenvalue weighted by Gasteiger charge is 2.13. The summed E-state index contributed by atoms with van der Waals surface area (Å²) in [6.45, 7) is 1.69. The van der Waals surface area contributed by atoms with Crippen molar-refractivity contribution in [3.05, 3.63) is 71.8 Å². The van der Waals surface area contributed by atoms with Crippen molar-refractivity contribution in [1.82, 2.24) is 5.32 Å². The van der Waals surface area contributed by atoms with E-state index in [2.05, 4.69) is 47.8 Å². The van der Waals surface area contributed by atoms with Gasteiger partial charge in [-0.1, -0.05) is 54.6 Å². The fraction of sp³-hybridized carbons (Fsp3) is 0.176. The molecule has 0 fully saturated rings. The highest BCUT2D eigenvalue weighted by molar-refractivity contribution is 5.85. The molecule has 3 rings (SSSR count). The van der Waals surface area contributed by atoms with Crippen molar-refractivity contribution in [2.75, 3.05) is 6.54 Å². The van der Waals surface area contributed by atoms with Gasteiger partial charge in [-0.05, 0) is 17.7 Å². The molecule has 0 aromatic heterocycles. The van der Waals surface area contributed by atoms with Crippen LogP contribution >= 0.6 is 12.4 Å². The Morgan fingerprint density at radius 2 is 1.70 bits per heavy atom. The topological polar surface area (TPSA) is 21.3 Å². The summed E-state index contributed by atoms with van der Waals surface area (Å²) < 4.78 is 5.92. The van der Waals surface area contributed by atoms with E-state index in [4.69, 9.17) is 4.74 Å². The van der Waals surface area contributed by atoms with Crippen LogP contribution in [0.15, 0.2) is 60.7 Å². The highest BCUT2D eigenvalue weighted by Crippen LogP contribution is 2.24. The third-order valence-corrected chi connectivity index (χ3v) is 3.21. The first-order valence-electron chi connectivity index (χ1n) is 6.60. The second-order valence-corrected chi connectivity index (χ2v) is 4.67. The molecule has 0 saturated carbocycles. The molecule has 0 amide bonds. The summed E-state index contributed by atoms with van der Waals surface area (Å²) in [7, 11) is 0. The minimum atomic E-state index is 0. The molecule has 20 heavy (non-hydrogen) atoms. The molecule has 1 N–H and O–H groups in total. The van der Waals surface area contributed by atoms with Crippen LogP contribution in [-0.4, -0.2) is 12.6 Å². The Kier molecular flexibility index (Phi) is 5.22. The van der Waals surface area contributed by atoms with Crippen molar-refractivity contribution in [3.63, 3.8) is 0 Å². The van der Waals surface area contributed by atoms with E-state index >= 15 is 0 Å². The van der Waals surface area contributed by atoms with E-state index in [1.54, 1.807) is 0 Å². The summed E-state index contributed by atoms with van der Waals surface area (Å²) >= 11 is 0. The van der Waals surface area contributed by atoms with Crippen molar-refractivity contribution < 1.29 is 4.74 Å².